The number of ketones is 1. The van der Waals surface area contributed by atoms with E-state index in [2.05, 4.69) is 0 Å². The Morgan fingerprint density at radius 3 is 2.59 bits per heavy atom. The van der Waals surface area contributed by atoms with E-state index in [1.165, 1.54) is 0 Å². The van der Waals surface area contributed by atoms with E-state index < -0.39 is 0 Å². The predicted molar refractivity (Wildman–Crippen MR) is 67.4 cm³/mol. The van der Waals surface area contributed by atoms with Crippen molar-refractivity contribution in [2.45, 2.75) is 33.2 Å². The maximum Gasteiger partial charge on any atom is 0.217 e. The number of halogens is 1. The maximum atomic E-state index is 11.6. The number of rotatable bonds is 6. The van der Waals surface area contributed by atoms with Crippen LogP contribution in [0.3, 0.4) is 0 Å². The highest BCUT2D eigenvalue weighted by molar-refractivity contribution is 6.30. The number of nitrogens with two attached hydrogens (primary N) is 1. The van der Waals surface area contributed by atoms with Crippen LogP contribution in [0.5, 0.6) is 0 Å². The second-order valence-corrected chi connectivity index (χ2v) is 4.33. The molecule has 1 heterocycles. The molecule has 0 saturated carbocycles. The fourth-order valence-electron chi connectivity index (χ4n) is 1.91. The molecule has 17 heavy (non-hydrogen) atoms. The van der Waals surface area contributed by atoms with Crippen molar-refractivity contribution in [2.75, 3.05) is 5.88 Å². The van der Waals surface area contributed by atoms with Gasteiger partial charge in [-0.05, 0) is 26.3 Å². The molecule has 4 nitrogen and oxygen atoms in total. The van der Waals surface area contributed by atoms with Gasteiger partial charge >= 0.3 is 0 Å². The van der Waals surface area contributed by atoms with Crippen LogP contribution in [0.25, 0.3) is 0 Å². The van der Waals surface area contributed by atoms with E-state index in [9.17, 15) is 9.59 Å². The normalized spacial score (nSPS) is 10.5. The average molecular weight is 257 g/mol. The molecule has 94 valence electrons. The molecule has 0 aromatic carbocycles. The zero-order valence-corrected chi connectivity index (χ0v) is 10.9. The first kappa shape index (κ1) is 13.8. The third kappa shape index (κ3) is 3.33. The van der Waals surface area contributed by atoms with Crippen LogP contribution in [0.4, 0.5) is 0 Å². The van der Waals surface area contributed by atoms with E-state index in [1.807, 2.05) is 24.5 Å². The summed E-state index contributed by atoms with van der Waals surface area (Å²) in [5.74, 6) is -0.378. The molecule has 1 rings (SSSR count). The van der Waals surface area contributed by atoms with E-state index in [0.29, 0.717) is 24.9 Å². The largest absolute Gasteiger partial charge is 0.370 e. The van der Waals surface area contributed by atoms with Gasteiger partial charge in [-0.25, -0.2) is 0 Å². The van der Waals surface area contributed by atoms with Gasteiger partial charge in [0.05, 0.1) is 5.88 Å². The number of alkyl halides is 1. The molecule has 0 aliphatic heterocycles. The van der Waals surface area contributed by atoms with Gasteiger partial charge in [0.25, 0.3) is 0 Å². The molecule has 1 amide bonds. The lowest BCUT2D eigenvalue weighted by Crippen LogP contribution is -2.12. The minimum absolute atomic E-state index is 0.00835. The van der Waals surface area contributed by atoms with Gasteiger partial charge in [0.1, 0.15) is 0 Å². The van der Waals surface area contributed by atoms with Gasteiger partial charge in [0.15, 0.2) is 5.78 Å². The van der Waals surface area contributed by atoms with Crippen molar-refractivity contribution in [1.82, 2.24) is 4.57 Å². The van der Waals surface area contributed by atoms with Crippen molar-refractivity contribution in [3.8, 4) is 0 Å². The average Bonchev–Trinajstić information content (AvgIpc) is 2.55. The Morgan fingerprint density at radius 1 is 1.41 bits per heavy atom. The number of aromatic nitrogens is 1. The standard InChI is InChI=1S/C12H17ClN2O2/c1-8-6-10(11(16)7-13)9(2)15(8)5-3-4-12(14)17/h6H,3-5,7H2,1-2H3,(H2,14,17). The summed E-state index contributed by atoms with van der Waals surface area (Å²) < 4.78 is 2.02. The van der Waals surface area contributed by atoms with Crippen molar-refractivity contribution >= 4 is 23.3 Å². The van der Waals surface area contributed by atoms with Gasteiger partial charge < -0.3 is 10.3 Å². The Hall–Kier alpha value is -1.29. The number of hydrogen-bond donors (Lipinski definition) is 1. The Morgan fingerprint density at radius 2 is 2.06 bits per heavy atom. The Labute approximate surface area is 106 Å². The topological polar surface area (TPSA) is 65.1 Å². The SMILES string of the molecule is Cc1cc(C(=O)CCl)c(C)n1CCCC(N)=O. The Kier molecular flexibility index (Phi) is 4.75. The van der Waals surface area contributed by atoms with Crippen LogP contribution in [-0.2, 0) is 11.3 Å². The smallest absolute Gasteiger partial charge is 0.217 e. The first-order chi connectivity index (χ1) is 7.97. The lowest BCUT2D eigenvalue weighted by molar-refractivity contribution is -0.118. The fraction of sp³-hybridized carbons (Fsp3) is 0.500. The van der Waals surface area contributed by atoms with E-state index in [1.54, 1.807) is 0 Å². The van der Waals surface area contributed by atoms with E-state index >= 15 is 0 Å². The summed E-state index contributed by atoms with van der Waals surface area (Å²) in [6, 6.07) is 1.84. The first-order valence-corrected chi connectivity index (χ1v) is 6.05. The number of hydrogen-bond acceptors (Lipinski definition) is 2. The number of aryl methyl sites for hydroxylation is 1. The molecule has 1 aromatic rings. The molecular formula is C12H17ClN2O2. The summed E-state index contributed by atoms with van der Waals surface area (Å²) in [6.07, 6.45) is 1.04. The highest BCUT2D eigenvalue weighted by Gasteiger charge is 2.14. The molecule has 0 spiro atoms. The van der Waals surface area contributed by atoms with E-state index in [-0.39, 0.29) is 17.6 Å². The van der Waals surface area contributed by atoms with Crippen molar-refractivity contribution in [3.63, 3.8) is 0 Å². The zero-order chi connectivity index (χ0) is 13.0. The highest BCUT2D eigenvalue weighted by Crippen LogP contribution is 2.17. The summed E-state index contributed by atoms with van der Waals surface area (Å²) in [7, 11) is 0. The second-order valence-electron chi connectivity index (χ2n) is 4.06. The first-order valence-electron chi connectivity index (χ1n) is 5.51. The molecule has 1 aromatic heterocycles. The molecular weight excluding hydrogens is 240 g/mol. The summed E-state index contributed by atoms with van der Waals surface area (Å²) in [5.41, 5.74) is 7.65. The summed E-state index contributed by atoms with van der Waals surface area (Å²) in [4.78, 5) is 22.2. The summed E-state index contributed by atoms with van der Waals surface area (Å²) in [5, 5.41) is 0. The van der Waals surface area contributed by atoms with E-state index in [0.717, 1.165) is 11.4 Å². The van der Waals surface area contributed by atoms with Gasteiger partial charge in [-0.15, -0.1) is 11.6 Å². The van der Waals surface area contributed by atoms with Crippen LogP contribution in [0.1, 0.15) is 34.6 Å². The van der Waals surface area contributed by atoms with E-state index in [4.69, 9.17) is 17.3 Å². The molecule has 0 atom stereocenters. The van der Waals surface area contributed by atoms with Gasteiger partial charge in [0.2, 0.25) is 5.91 Å². The van der Waals surface area contributed by atoms with Gasteiger partial charge in [-0.2, -0.15) is 0 Å². The highest BCUT2D eigenvalue weighted by atomic mass is 35.5. The minimum atomic E-state index is -0.301. The molecule has 0 bridgehead atoms. The maximum absolute atomic E-state index is 11.6. The van der Waals surface area contributed by atoms with Crippen LogP contribution >= 0.6 is 11.6 Å². The number of amides is 1. The van der Waals surface area contributed by atoms with Gasteiger partial charge in [-0.1, -0.05) is 0 Å². The van der Waals surface area contributed by atoms with Crippen molar-refractivity contribution in [1.29, 1.82) is 0 Å². The Balaban J connectivity index is 2.82. The molecule has 0 saturated heterocycles. The number of nitrogens with zero attached hydrogens (tertiary/aromatic N) is 1. The summed E-state index contributed by atoms with van der Waals surface area (Å²) >= 11 is 5.55. The minimum Gasteiger partial charge on any atom is -0.370 e. The van der Waals surface area contributed by atoms with Gasteiger partial charge in [0, 0.05) is 29.9 Å². The van der Waals surface area contributed by atoms with Gasteiger partial charge in [-0.3, -0.25) is 9.59 Å². The second kappa shape index (κ2) is 5.87. The Bertz CT molecular complexity index is 438. The van der Waals surface area contributed by atoms with Crippen molar-refractivity contribution in [3.05, 3.63) is 23.0 Å². The molecule has 5 heteroatoms. The van der Waals surface area contributed by atoms with Crippen LogP contribution in [-0.4, -0.2) is 22.1 Å². The third-order valence-corrected chi connectivity index (χ3v) is 3.04. The molecule has 0 radical (unpaired) electrons. The number of carbonyl (C=O) groups is 2. The molecule has 2 N–H and O–H groups in total. The zero-order valence-electron chi connectivity index (χ0n) is 10.1. The summed E-state index contributed by atoms with van der Waals surface area (Å²) in [6.45, 7) is 4.51. The number of primary amides is 1. The molecule has 0 fully saturated rings. The van der Waals surface area contributed by atoms with Crippen LogP contribution < -0.4 is 5.73 Å². The lowest BCUT2D eigenvalue weighted by atomic mass is 10.2. The third-order valence-electron chi connectivity index (χ3n) is 2.80. The van der Waals surface area contributed by atoms with Crippen LogP contribution in [0, 0.1) is 13.8 Å². The molecule has 0 aliphatic carbocycles. The molecule has 0 unspecified atom stereocenters. The quantitative estimate of drug-likeness (QED) is 0.623. The number of Topliss-reactive ketones (excluding diaryl/α,β-unsaturated/α-hetero) is 1. The lowest BCUT2D eigenvalue weighted by Gasteiger charge is -2.08. The van der Waals surface area contributed by atoms with Crippen molar-refractivity contribution in [2.24, 2.45) is 5.73 Å². The van der Waals surface area contributed by atoms with Crippen molar-refractivity contribution < 1.29 is 9.59 Å². The predicted octanol–water partition coefficient (Wildman–Crippen LogP) is 1.79. The fourth-order valence-corrected chi connectivity index (χ4v) is 2.05. The van der Waals surface area contributed by atoms with Crippen LogP contribution in [0.2, 0.25) is 0 Å². The molecule has 0 aliphatic rings. The van der Waals surface area contributed by atoms with Crippen LogP contribution in [0.15, 0.2) is 6.07 Å². The number of carbonyl (C=O) groups excluding carboxylic acids is 2. The monoisotopic (exact) mass is 256 g/mol.